The van der Waals surface area contributed by atoms with E-state index in [-0.39, 0.29) is 72.2 Å². The third-order valence-corrected chi connectivity index (χ3v) is 13.7. The monoisotopic (exact) mass is 1120 g/mol. The van der Waals surface area contributed by atoms with Gasteiger partial charge in [0.1, 0.15) is 66.1 Å². The molecule has 0 bridgehead atoms. The van der Waals surface area contributed by atoms with Crippen molar-refractivity contribution < 1.29 is 118 Å². The van der Waals surface area contributed by atoms with E-state index in [9.17, 15) is 70.2 Å². The van der Waals surface area contributed by atoms with E-state index in [0.29, 0.717) is 12.0 Å². The molecule has 3 aromatic carbocycles. The minimum absolute atomic E-state index is 0.0611. The van der Waals surface area contributed by atoms with Crippen molar-refractivity contribution in [2.45, 2.75) is 120 Å². The highest BCUT2D eigenvalue weighted by Crippen LogP contribution is 2.39. The summed E-state index contributed by atoms with van der Waals surface area (Å²) in [5.74, 6) is -5.14. The van der Waals surface area contributed by atoms with Gasteiger partial charge in [0.25, 0.3) is 0 Å². The van der Waals surface area contributed by atoms with E-state index in [4.69, 9.17) is 47.4 Å². The minimum Gasteiger partial charge on any atom is -0.508 e. The fourth-order valence-electron chi connectivity index (χ4n) is 9.22. The molecule has 3 aromatic rings. The van der Waals surface area contributed by atoms with Crippen molar-refractivity contribution in [3.05, 3.63) is 136 Å². The molecular weight excluding hydrogens is 1060 g/mol. The lowest BCUT2D eigenvalue weighted by Gasteiger charge is -2.42. The molecule has 4 aliphatic rings. The highest BCUT2D eigenvalue weighted by molar-refractivity contribution is 5.92. The normalized spacial score (nSPS) is 29.6. The van der Waals surface area contributed by atoms with Crippen LogP contribution < -0.4 is 9.47 Å². The van der Waals surface area contributed by atoms with Gasteiger partial charge in [-0.15, -0.1) is 0 Å². The smallest absolute Gasteiger partial charge is 0.337 e. The van der Waals surface area contributed by atoms with E-state index >= 15 is 0 Å². The molecule has 434 valence electrons. The summed E-state index contributed by atoms with van der Waals surface area (Å²) in [4.78, 5) is 54.7. The number of esters is 4. The second kappa shape index (κ2) is 28.7. The topological polar surface area (TPSA) is 363 Å². The Hall–Kier alpha value is -6.62. The Balaban J connectivity index is 0.998. The van der Waals surface area contributed by atoms with Crippen LogP contribution in [0, 0.1) is 11.8 Å². The number of allylic oxidation sites excluding steroid dienone is 2. The quantitative estimate of drug-likeness (QED) is 0.0368. The van der Waals surface area contributed by atoms with Crippen LogP contribution in [0.25, 0.3) is 0 Å². The third-order valence-electron chi connectivity index (χ3n) is 13.7. The van der Waals surface area contributed by atoms with Gasteiger partial charge in [-0.1, -0.05) is 48.6 Å². The lowest BCUT2D eigenvalue weighted by molar-refractivity contribution is -0.327. The van der Waals surface area contributed by atoms with Crippen molar-refractivity contribution in [3.63, 3.8) is 0 Å². The number of phenols is 1. The van der Waals surface area contributed by atoms with Crippen LogP contribution in [0.15, 0.2) is 120 Å². The number of carbonyl (C=O) groups is 4. The average Bonchev–Trinajstić information content (AvgIpc) is 3.47. The van der Waals surface area contributed by atoms with E-state index in [1.165, 1.54) is 36.4 Å². The van der Waals surface area contributed by atoms with Crippen LogP contribution in [-0.2, 0) is 76.3 Å². The van der Waals surface area contributed by atoms with Gasteiger partial charge in [0.05, 0.1) is 62.9 Å². The first-order valence-electron chi connectivity index (χ1n) is 25.7. The summed E-state index contributed by atoms with van der Waals surface area (Å²) >= 11 is 0. The Morgan fingerprint density at radius 3 is 1.25 bits per heavy atom. The van der Waals surface area contributed by atoms with Gasteiger partial charge in [-0.05, 0) is 73.4 Å². The Morgan fingerprint density at radius 1 is 0.512 bits per heavy atom. The maximum atomic E-state index is 13.8. The fourth-order valence-corrected chi connectivity index (χ4v) is 9.22. The van der Waals surface area contributed by atoms with Crippen LogP contribution in [0.5, 0.6) is 17.2 Å². The summed E-state index contributed by atoms with van der Waals surface area (Å²) < 4.78 is 56.9. The first kappa shape index (κ1) is 61.0. The predicted octanol–water partition coefficient (Wildman–Crippen LogP) is 0.328. The van der Waals surface area contributed by atoms with E-state index in [1.807, 2.05) is 0 Å². The highest BCUT2D eigenvalue weighted by atomic mass is 16.8. The van der Waals surface area contributed by atoms with E-state index < -0.39 is 136 Å². The van der Waals surface area contributed by atoms with Gasteiger partial charge < -0.3 is 98.4 Å². The molecule has 0 unspecified atom stereocenters. The van der Waals surface area contributed by atoms with Crippen molar-refractivity contribution in [1.82, 2.24) is 0 Å². The standard InChI is InChI=1S/C56H66O24/c1-3-35-37(23-43(61)75-33-13-7-29(8-14-33)17-20-57)40(28-74-53(35)79-55-49(67)47(65)45(63)41(25-58)77-55)52(70)72-22-19-31-9-15-34(16-10-31)76-44(62)24-38-36(4-2)54(80-56-50(68)48(66)46(64)42(26-59)78-56)73-27-39(38)51(69)71-21-18-30-5-11-32(60)12-6-30/h3-16,27-28,37-38,41-42,45-50,53-60,63-68H,17-26H2,1-2H3/t37-,38-,41-,42-,45-,46-,47+,48+,49-,50-,53+,54+,55+,56+/m1/s1. The molecule has 24 heteroatoms. The van der Waals surface area contributed by atoms with Crippen molar-refractivity contribution >= 4 is 23.9 Å². The van der Waals surface area contributed by atoms with Crippen LogP contribution in [0.2, 0.25) is 0 Å². The zero-order valence-electron chi connectivity index (χ0n) is 43.6. The Kier molecular flexibility index (Phi) is 21.9. The molecule has 0 radical (unpaired) electrons. The van der Waals surface area contributed by atoms with Crippen molar-refractivity contribution in [3.8, 4) is 17.2 Å². The molecule has 80 heavy (non-hydrogen) atoms. The first-order valence-corrected chi connectivity index (χ1v) is 25.7. The lowest BCUT2D eigenvalue weighted by Crippen LogP contribution is -2.60. The minimum atomic E-state index is -1.80. The van der Waals surface area contributed by atoms with Gasteiger partial charge in [0.15, 0.2) is 12.6 Å². The predicted molar refractivity (Wildman–Crippen MR) is 272 cm³/mol. The van der Waals surface area contributed by atoms with Gasteiger partial charge in [0.2, 0.25) is 12.6 Å². The molecule has 14 atom stereocenters. The summed E-state index contributed by atoms with van der Waals surface area (Å²) in [7, 11) is 0. The van der Waals surface area contributed by atoms with Crippen LogP contribution in [0.4, 0.5) is 0 Å². The summed E-state index contributed by atoms with van der Waals surface area (Å²) in [5, 5.41) is 101. The van der Waals surface area contributed by atoms with E-state index in [2.05, 4.69) is 0 Å². The van der Waals surface area contributed by atoms with Crippen LogP contribution in [0.1, 0.15) is 43.4 Å². The molecule has 4 aliphatic heterocycles. The molecule has 4 heterocycles. The van der Waals surface area contributed by atoms with Gasteiger partial charge in [-0.25, -0.2) is 9.59 Å². The summed E-state index contributed by atoms with van der Waals surface area (Å²) in [6.07, 6.45) is -14.2. The van der Waals surface area contributed by atoms with Crippen LogP contribution in [0.3, 0.4) is 0 Å². The number of benzene rings is 3. The number of carbonyl (C=O) groups excluding carboxylic acids is 4. The molecule has 0 saturated carbocycles. The van der Waals surface area contributed by atoms with E-state index in [0.717, 1.165) is 23.7 Å². The number of aromatic hydroxyl groups is 1. The van der Waals surface area contributed by atoms with Crippen LogP contribution in [-0.4, -0.2) is 182 Å². The molecule has 24 nitrogen and oxygen atoms in total. The lowest BCUT2D eigenvalue weighted by atomic mass is 9.86. The van der Waals surface area contributed by atoms with Crippen LogP contribution >= 0.6 is 0 Å². The second-order valence-corrected chi connectivity index (χ2v) is 19.0. The SMILES string of the molecule is CC=C1[C@H](O[C@@H]2O[C@H](CO)[C@@H](O)[C@H](O)[C@H]2O)OC=C(C(=O)OCCc2ccc(OC(=O)C[C@H]3C(C(=O)OCCc4ccc(O)cc4)=CO[C@@H](O[C@@H]4O[C@H](CO)[C@@H](O)[C@H](O)[C@H]4O)C3=CC)cc2)[C@@H]1CC(=O)Oc1ccc(CCO)cc1. The average molecular weight is 1120 g/mol. The largest absolute Gasteiger partial charge is 0.508 e. The summed E-state index contributed by atoms with van der Waals surface area (Å²) in [5.41, 5.74) is 2.39. The molecule has 0 aromatic heterocycles. The Morgan fingerprint density at radius 2 is 0.887 bits per heavy atom. The van der Waals surface area contributed by atoms with Gasteiger partial charge in [-0.2, -0.15) is 0 Å². The molecule has 0 amide bonds. The van der Waals surface area contributed by atoms with Crippen molar-refractivity contribution in [2.75, 3.05) is 33.0 Å². The number of phenolic OH excluding ortho intramolecular Hbond substituents is 1. The Labute approximate surface area is 458 Å². The summed E-state index contributed by atoms with van der Waals surface area (Å²) in [6, 6.07) is 18.9. The zero-order chi connectivity index (χ0) is 57.6. The molecule has 10 N–H and O–H groups in total. The maximum Gasteiger partial charge on any atom is 0.337 e. The molecular formula is C56H66O24. The Bertz CT molecular complexity index is 2680. The molecule has 2 fully saturated rings. The van der Waals surface area contributed by atoms with E-state index in [1.54, 1.807) is 62.4 Å². The number of hydrogen-bond donors (Lipinski definition) is 10. The molecule has 0 spiro atoms. The zero-order valence-corrected chi connectivity index (χ0v) is 43.6. The number of aliphatic hydroxyl groups is 9. The second-order valence-electron chi connectivity index (χ2n) is 19.0. The number of rotatable bonds is 22. The van der Waals surface area contributed by atoms with Crippen molar-refractivity contribution in [1.29, 1.82) is 0 Å². The maximum absolute atomic E-state index is 13.8. The summed E-state index contributed by atoms with van der Waals surface area (Å²) in [6.45, 7) is 1.35. The highest BCUT2D eigenvalue weighted by Gasteiger charge is 2.49. The van der Waals surface area contributed by atoms with Gasteiger partial charge in [0, 0.05) is 42.4 Å². The molecule has 0 aliphatic carbocycles. The first-order chi connectivity index (χ1) is 38.5. The number of ether oxygens (including phenoxy) is 10. The van der Waals surface area contributed by atoms with Crippen molar-refractivity contribution in [2.24, 2.45) is 11.8 Å². The van der Waals surface area contributed by atoms with Gasteiger partial charge >= 0.3 is 23.9 Å². The molecule has 7 rings (SSSR count). The fraction of sp³-hybridized carbons (Fsp3) is 0.464. The number of hydrogen-bond acceptors (Lipinski definition) is 24. The number of aliphatic hydroxyl groups excluding tert-OH is 9. The van der Waals surface area contributed by atoms with Gasteiger partial charge in [-0.3, -0.25) is 9.59 Å². The third kappa shape index (κ3) is 15.2. The molecule has 2 saturated heterocycles.